The summed E-state index contributed by atoms with van der Waals surface area (Å²) in [5, 5.41) is 2.61. The second-order valence-corrected chi connectivity index (χ2v) is 11.4. The summed E-state index contributed by atoms with van der Waals surface area (Å²) >= 11 is 0. The van der Waals surface area contributed by atoms with Gasteiger partial charge < -0.3 is 15.0 Å². The molecule has 1 atom stereocenters. The van der Waals surface area contributed by atoms with Gasteiger partial charge >= 0.3 is 0 Å². The first-order valence-electron chi connectivity index (χ1n) is 11.5. The molecule has 2 rings (SSSR count). The zero-order chi connectivity index (χ0) is 26.4. The number of carbonyl (C=O) groups is 2. The van der Waals surface area contributed by atoms with Gasteiger partial charge in [-0.3, -0.25) is 13.9 Å². The Labute approximate surface area is 209 Å². The van der Waals surface area contributed by atoms with Crippen LogP contribution in [0.5, 0.6) is 5.75 Å². The predicted octanol–water partition coefficient (Wildman–Crippen LogP) is 3.31. The summed E-state index contributed by atoms with van der Waals surface area (Å²) < 4.78 is 31.7. The number of rotatable bonds is 10. The number of anilines is 1. The van der Waals surface area contributed by atoms with E-state index in [2.05, 4.69) is 26.1 Å². The number of amides is 2. The van der Waals surface area contributed by atoms with Crippen LogP contribution in [0.15, 0.2) is 48.5 Å². The molecular weight excluding hydrogens is 466 g/mol. The third-order valence-corrected chi connectivity index (χ3v) is 6.99. The van der Waals surface area contributed by atoms with Crippen molar-refractivity contribution in [1.82, 2.24) is 10.2 Å². The van der Waals surface area contributed by atoms with Gasteiger partial charge in [0.05, 0.1) is 19.1 Å². The maximum atomic E-state index is 13.6. The topological polar surface area (TPSA) is 96.0 Å². The number of methoxy groups -OCH3 is 1. The molecular formula is C26H37N3O5S. The molecule has 0 heterocycles. The van der Waals surface area contributed by atoms with Crippen LogP contribution < -0.4 is 14.4 Å². The van der Waals surface area contributed by atoms with E-state index in [1.54, 1.807) is 31.4 Å². The molecule has 1 N–H and O–H groups in total. The molecule has 9 heteroatoms. The molecule has 0 aliphatic rings. The number of carbonyl (C=O) groups excluding carboxylic acids is 2. The molecule has 0 radical (unpaired) electrons. The first kappa shape index (κ1) is 28.2. The average molecular weight is 504 g/mol. The fourth-order valence-corrected chi connectivity index (χ4v) is 4.60. The number of sulfonamides is 1. The van der Waals surface area contributed by atoms with E-state index in [1.807, 2.05) is 31.2 Å². The fourth-order valence-electron chi connectivity index (χ4n) is 3.76. The van der Waals surface area contributed by atoms with Gasteiger partial charge in [0.2, 0.25) is 21.8 Å². The number of hydrogen-bond donors (Lipinski definition) is 1. The second kappa shape index (κ2) is 11.6. The zero-order valence-electron chi connectivity index (χ0n) is 21.7. The van der Waals surface area contributed by atoms with Gasteiger partial charge in [0, 0.05) is 13.6 Å². The van der Waals surface area contributed by atoms with E-state index in [-0.39, 0.29) is 17.9 Å². The summed E-state index contributed by atoms with van der Waals surface area (Å²) in [7, 11) is -0.685. The third-order valence-electron chi connectivity index (χ3n) is 5.84. The third kappa shape index (κ3) is 7.45. The van der Waals surface area contributed by atoms with E-state index in [0.29, 0.717) is 17.9 Å². The van der Waals surface area contributed by atoms with Gasteiger partial charge in [-0.1, -0.05) is 52.0 Å². The normalized spacial score (nSPS) is 12.5. The monoisotopic (exact) mass is 503 g/mol. The van der Waals surface area contributed by atoms with Crippen LogP contribution in [0.1, 0.15) is 45.2 Å². The van der Waals surface area contributed by atoms with E-state index >= 15 is 0 Å². The number of ether oxygens (including phenoxy) is 1. The van der Waals surface area contributed by atoms with Gasteiger partial charge in [0.25, 0.3) is 0 Å². The lowest BCUT2D eigenvalue weighted by molar-refractivity contribution is -0.140. The second-order valence-electron chi connectivity index (χ2n) is 9.47. The lowest BCUT2D eigenvalue weighted by Crippen LogP contribution is -2.51. The van der Waals surface area contributed by atoms with E-state index in [0.717, 1.165) is 21.7 Å². The first-order chi connectivity index (χ1) is 16.3. The minimum Gasteiger partial charge on any atom is -0.497 e. The molecule has 2 amide bonds. The van der Waals surface area contributed by atoms with E-state index in [1.165, 1.54) is 11.9 Å². The van der Waals surface area contributed by atoms with Crippen LogP contribution in [-0.2, 0) is 31.6 Å². The Kier molecular flexibility index (Phi) is 9.31. The van der Waals surface area contributed by atoms with Crippen LogP contribution >= 0.6 is 0 Å². The molecule has 0 saturated carbocycles. The standard InChI is InChI=1S/C26H37N3O5S/c1-8-23(25(31)27-5)28(17-19-9-15-22(34-6)16-10-19)24(30)18-29(35(7,32)33)21-13-11-20(12-14-21)26(2,3)4/h9-16,23H,8,17-18H2,1-7H3,(H,27,31)/t23-/m1/s1. The van der Waals surface area contributed by atoms with Crippen molar-refractivity contribution in [3.63, 3.8) is 0 Å². The summed E-state index contributed by atoms with van der Waals surface area (Å²) in [6.07, 6.45) is 1.45. The first-order valence-corrected chi connectivity index (χ1v) is 13.4. The Balaban J connectivity index is 2.41. The Morgan fingerprint density at radius 1 is 1.03 bits per heavy atom. The Bertz CT molecular complexity index is 1110. The summed E-state index contributed by atoms with van der Waals surface area (Å²) in [5.74, 6) is -0.108. The molecule has 0 aliphatic heterocycles. The van der Waals surface area contributed by atoms with Gasteiger partial charge in [-0.2, -0.15) is 0 Å². The highest BCUT2D eigenvalue weighted by molar-refractivity contribution is 7.92. The summed E-state index contributed by atoms with van der Waals surface area (Å²) in [4.78, 5) is 27.6. The van der Waals surface area contributed by atoms with Crippen LogP contribution in [0.25, 0.3) is 0 Å². The maximum absolute atomic E-state index is 13.6. The SMILES string of the molecule is CC[C@H](C(=O)NC)N(Cc1ccc(OC)cc1)C(=O)CN(c1ccc(C(C)(C)C)cc1)S(C)(=O)=O. The smallest absolute Gasteiger partial charge is 0.244 e. The molecule has 192 valence electrons. The van der Waals surface area contributed by atoms with Crippen molar-refractivity contribution in [3.8, 4) is 5.75 Å². The molecule has 35 heavy (non-hydrogen) atoms. The largest absolute Gasteiger partial charge is 0.497 e. The summed E-state index contributed by atoms with van der Waals surface area (Å²) in [6.45, 7) is 7.75. The minimum atomic E-state index is -3.77. The van der Waals surface area contributed by atoms with Crippen molar-refractivity contribution in [3.05, 3.63) is 59.7 Å². The number of nitrogens with one attached hydrogen (secondary N) is 1. The van der Waals surface area contributed by atoms with E-state index in [9.17, 15) is 18.0 Å². The fraction of sp³-hybridized carbons (Fsp3) is 0.462. The number of benzene rings is 2. The average Bonchev–Trinajstić information content (AvgIpc) is 2.81. The highest BCUT2D eigenvalue weighted by Crippen LogP contribution is 2.26. The molecule has 0 fully saturated rings. The maximum Gasteiger partial charge on any atom is 0.244 e. The molecule has 0 spiro atoms. The van der Waals surface area contributed by atoms with Gasteiger partial charge in [-0.15, -0.1) is 0 Å². The molecule has 8 nitrogen and oxygen atoms in total. The van der Waals surface area contributed by atoms with Gasteiger partial charge in [0.15, 0.2) is 0 Å². The Morgan fingerprint density at radius 3 is 2.03 bits per heavy atom. The molecule has 2 aromatic carbocycles. The van der Waals surface area contributed by atoms with E-state index < -0.39 is 28.5 Å². The number of hydrogen-bond acceptors (Lipinski definition) is 5. The quantitative estimate of drug-likeness (QED) is 0.537. The molecule has 0 aromatic heterocycles. The predicted molar refractivity (Wildman–Crippen MR) is 139 cm³/mol. The lowest BCUT2D eigenvalue weighted by Gasteiger charge is -2.32. The van der Waals surface area contributed by atoms with Crippen molar-refractivity contribution in [2.24, 2.45) is 0 Å². The Morgan fingerprint density at radius 2 is 1.60 bits per heavy atom. The highest BCUT2D eigenvalue weighted by atomic mass is 32.2. The molecule has 0 bridgehead atoms. The van der Waals surface area contributed by atoms with Crippen LogP contribution in [0.4, 0.5) is 5.69 Å². The molecule has 0 saturated heterocycles. The molecule has 2 aromatic rings. The molecule has 0 aliphatic carbocycles. The van der Waals surface area contributed by atoms with Crippen molar-refractivity contribution in [2.45, 2.75) is 52.1 Å². The van der Waals surface area contributed by atoms with Crippen LogP contribution in [0.3, 0.4) is 0 Å². The van der Waals surface area contributed by atoms with Crippen molar-refractivity contribution in [2.75, 3.05) is 31.3 Å². The van der Waals surface area contributed by atoms with Gasteiger partial charge in [0.1, 0.15) is 18.3 Å². The van der Waals surface area contributed by atoms with Crippen LogP contribution in [0.2, 0.25) is 0 Å². The van der Waals surface area contributed by atoms with E-state index in [4.69, 9.17) is 4.74 Å². The summed E-state index contributed by atoms with van der Waals surface area (Å²) in [5.41, 5.74) is 2.14. The number of likely N-dealkylation sites (N-methyl/N-ethyl adjacent to an activating group) is 1. The van der Waals surface area contributed by atoms with Crippen LogP contribution in [0, 0.1) is 0 Å². The highest BCUT2D eigenvalue weighted by Gasteiger charge is 2.31. The zero-order valence-corrected chi connectivity index (χ0v) is 22.5. The van der Waals surface area contributed by atoms with Crippen molar-refractivity contribution in [1.29, 1.82) is 0 Å². The summed E-state index contributed by atoms with van der Waals surface area (Å²) in [6, 6.07) is 13.6. The van der Waals surface area contributed by atoms with Crippen molar-refractivity contribution < 1.29 is 22.7 Å². The molecule has 0 unspecified atom stereocenters. The van der Waals surface area contributed by atoms with Crippen LogP contribution in [-0.4, -0.2) is 58.1 Å². The Hall–Kier alpha value is -3.07. The van der Waals surface area contributed by atoms with Gasteiger partial charge in [-0.05, 0) is 47.2 Å². The number of nitrogens with zero attached hydrogens (tertiary/aromatic N) is 2. The van der Waals surface area contributed by atoms with Crippen molar-refractivity contribution >= 4 is 27.5 Å². The lowest BCUT2D eigenvalue weighted by atomic mass is 9.87. The minimum absolute atomic E-state index is 0.0959. The van der Waals surface area contributed by atoms with Gasteiger partial charge in [-0.25, -0.2) is 8.42 Å².